The number of carbonyl (C=O) groups excluding carboxylic acids is 1. The quantitative estimate of drug-likeness (QED) is 0.122. The molecule has 0 saturated carbocycles. The lowest BCUT2D eigenvalue weighted by Gasteiger charge is -2.30. The lowest BCUT2D eigenvalue weighted by molar-refractivity contribution is -0.145. The van der Waals surface area contributed by atoms with Crippen LogP contribution >= 0.6 is 0 Å². The smallest absolute Gasteiger partial charge is 0.320 e. The highest BCUT2D eigenvalue weighted by Gasteiger charge is 2.28. The predicted octanol–water partition coefficient (Wildman–Crippen LogP) is -1.54. The number of ether oxygens (including phenoxy) is 1. The van der Waals surface area contributed by atoms with Crippen molar-refractivity contribution in [3.05, 3.63) is 29.8 Å². The molecule has 1 aromatic carbocycles. The largest absolute Gasteiger partial charge is 0.492 e. The molecule has 0 spiro atoms. The molecule has 15 nitrogen and oxygen atoms in total. The fourth-order valence-corrected chi connectivity index (χ4v) is 4.41. The van der Waals surface area contributed by atoms with E-state index in [1.54, 1.807) is 39.0 Å². The standard InChI is InChI=1S/C26H39N5O10/c27-20(25(37)38)15-18-1-3-19(4-2-18)41-14-7-28-22(32)6-5-21(26(39)40)31-12-10-29(16-23(33)34)8-9-30(11-13-31)17-24(35)36/h1-4,20-21H,5-17,27H2,(H,28,32)(H,33,34)(H,35,36)(H,37,38)(H,39,40)/t20-,21?/m0/s1. The number of aliphatic carboxylic acids is 4. The monoisotopic (exact) mass is 581 g/mol. The topological polar surface area (TPSA) is 223 Å². The van der Waals surface area contributed by atoms with E-state index in [2.05, 4.69) is 5.32 Å². The second-order valence-electron chi connectivity index (χ2n) is 9.76. The molecule has 15 heteroatoms. The molecule has 1 unspecified atom stereocenters. The number of benzene rings is 1. The van der Waals surface area contributed by atoms with Crippen molar-refractivity contribution in [3.8, 4) is 5.75 Å². The Morgan fingerprint density at radius 3 is 1.85 bits per heavy atom. The first-order valence-corrected chi connectivity index (χ1v) is 13.3. The molecule has 1 amide bonds. The van der Waals surface area contributed by atoms with Crippen LogP contribution in [0, 0.1) is 0 Å². The van der Waals surface area contributed by atoms with Gasteiger partial charge in [0.05, 0.1) is 19.6 Å². The number of hydrogen-bond acceptors (Lipinski definition) is 10. The Labute approximate surface area is 237 Å². The van der Waals surface area contributed by atoms with Crippen LogP contribution in [-0.2, 0) is 30.4 Å². The zero-order chi connectivity index (χ0) is 30.4. The van der Waals surface area contributed by atoms with E-state index in [1.165, 1.54) is 0 Å². The van der Waals surface area contributed by atoms with Gasteiger partial charge in [-0.3, -0.25) is 38.7 Å². The van der Waals surface area contributed by atoms with Gasteiger partial charge in [0, 0.05) is 45.7 Å². The van der Waals surface area contributed by atoms with Gasteiger partial charge in [0.2, 0.25) is 5.91 Å². The summed E-state index contributed by atoms with van der Waals surface area (Å²) in [4.78, 5) is 62.8. The summed E-state index contributed by atoms with van der Waals surface area (Å²) in [5, 5.41) is 39.9. The maximum absolute atomic E-state index is 12.4. The molecule has 41 heavy (non-hydrogen) atoms. The van der Waals surface area contributed by atoms with Crippen molar-refractivity contribution in [1.82, 2.24) is 20.0 Å². The van der Waals surface area contributed by atoms with Crippen molar-refractivity contribution in [3.63, 3.8) is 0 Å². The number of nitrogens with zero attached hydrogens (tertiary/aromatic N) is 3. The third-order valence-electron chi connectivity index (χ3n) is 6.62. The molecule has 2 rings (SSSR count). The van der Waals surface area contributed by atoms with Crippen LogP contribution in [0.25, 0.3) is 0 Å². The fraction of sp³-hybridized carbons (Fsp3) is 0.577. The third-order valence-corrected chi connectivity index (χ3v) is 6.62. The molecule has 2 atom stereocenters. The maximum Gasteiger partial charge on any atom is 0.320 e. The summed E-state index contributed by atoms with van der Waals surface area (Å²) < 4.78 is 5.58. The Kier molecular flexibility index (Phi) is 14.0. The minimum absolute atomic E-state index is 0.0137. The van der Waals surface area contributed by atoms with Crippen LogP contribution in [0.15, 0.2) is 24.3 Å². The van der Waals surface area contributed by atoms with E-state index in [1.807, 2.05) is 0 Å². The highest BCUT2D eigenvalue weighted by atomic mass is 16.5. The Morgan fingerprint density at radius 1 is 0.829 bits per heavy atom. The Morgan fingerprint density at radius 2 is 1.37 bits per heavy atom. The average Bonchev–Trinajstić information content (AvgIpc) is 2.98. The predicted molar refractivity (Wildman–Crippen MR) is 145 cm³/mol. The van der Waals surface area contributed by atoms with Crippen LogP contribution in [0.2, 0.25) is 0 Å². The number of carbonyl (C=O) groups is 5. The van der Waals surface area contributed by atoms with Gasteiger partial charge in [-0.2, -0.15) is 0 Å². The Balaban J connectivity index is 1.85. The molecule has 0 bridgehead atoms. The van der Waals surface area contributed by atoms with Crippen LogP contribution in [0.1, 0.15) is 18.4 Å². The van der Waals surface area contributed by atoms with E-state index >= 15 is 0 Å². The zero-order valence-electron chi connectivity index (χ0n) is 22.8. The molecule has 228 valence electrons. The summed E-state index contributed by atoms with van der Waals surface area (Å²) in [7, 11) is 0. The molecule has 1 aliphatic heterocycles. The van der Waals surface area contributed by atoms with Gasteiger partial charge >= 0.3 is 23.9 Å². The SMILES string of the molecule is N[C@@H](Cc1ccc(OCCNC(=O)CCC(C(=O)O)N2CCN(CC(=O)O)CCN(CC(=O)O)CC2)cc1)C(=O)O. The number of carboxylic acids is 4. The molecular formula is C26H39N5O10. The van der Waals surface area contributed by atoms with Crippen LogP contribution < -0.4 is 15.8 Å². The summed E-state index contributed by atoms with van der Waals surface area (Å²) in [6.07, 6.45) is 0.130. The van der Waals surface area contributed by atoms with Crippen molar-refractivity contribution in [2.24, 2.45) is 5.73 Å². The zero-order valence-corrected chi connectivity index (χ0v) is 22.8. The highest BCUT2D eigenvalue weighted by molar-refractivity contribution is 5.78. The molecular weight excluding hydrogens is 542 g/mol. The summed E-state index contributed by atoms with van der Waals surface area (Å²) in [5.41, 5.74) is 6.27. The first-order valence-electron chi connectivity index (χ1n) is 13.3. The summed E-state index contributed by atoms with van der Waals surface area (Å²) >= 11 is 0. The van der Waals surface area contributed by atoms with E-state index in [-0.39, 0.29) is 77.6 Å². The van der Waals surface area contributed by atoms with E-state index in [9.17, 15) is 39.3 Å². The molecule has 1 heterocycles. The minimum atomic E-state index is -1.12. The maximum atomic E-state index is 12.4. The second-order valence-corrected chi connectivity index (χ2v) is 9.76. The van der Waals surface area contributed by atoms with E-state index in [0.29, 0.717) is 18.8 Å². The van der Waals surface area contributed by atoms with Gasteiger partial charge in [-0.25, -0.2) is 0 Å². The molecule has 0 aliphatic carbocycles. The van der Waals surface area contributed by atoms with Crippen LogP contribution in [-0.4, -0.2) is 143 Å². The number of rotatable bonds is 16. The molecule has 0 aromatic heterocycles. The molecule has 1 aromatic rings. The molecule has 1 saturated heterocycles. The van der Waals surface area contributed by atoms with Crippen molar-refractivity contribution >= 4 is 29.8 Å². The first kappa shape index (κ1) is 33.4. The molecule has 1 aliphatic rings. The van der Waals surface area contributed by atoms with Gasteiger partial charge in [-0.1, -0.05) is 12.1 Å². The first-order chi connectivity index (χ1) is 19.4. The van der Waals surface area contributed by atoms with Crippen molar-refractivity contribution in [2.75, 3.05) is 65.5 Å². The van der Waals surface area contributed by atoms with E-state index in [0.717, 1.165) is 5.56 Å². The van der Waals surface area contributed by atoms with Gasteiger partial charge in [0.25, 0.3) is 0 Å². The normalized spacial score (nSPS) is 16.9. The Bertz CT molecular complexity index is 1010. The van der Waals surface area contributed by atoms with Crippen LogP contribution in [0.3, 0.4) is 0 Å². The van der Waals surface area contributed by atoms with Gasteiger partial charge in [-0.05, 0) is 30.5 Å². The Hall–Kier alpha value is -3.79. The molecule has 7 N–H and O–H groups in total. The summed E-state index contributed by atoms with van der Waals surface area (Å²) in [5.74, 6) is -4.11. The number of nitrogens with one attached hydrogen (secondary N) is 1. The summed E-state index contributed by atoms with van der Waals surface area (Å²) in [6.45, 7) is 1.58. The summed E-state index contributed by atoms with van der Waals surface area (Å²) in [6, 6.07) is 4.74. The fourth-order valence-electron chi connectivity index (χ4n) is 4.41. The second kappa shape index (κ2) is 17.1. The minimum Gasteiger partial charge on any atom is -0.492 e. The van der Waals surface area contributed by atoms with Gasteiger partial charge in [-0.15, -0.1) is 0 Å². The van der Waals surface area contributed by atoms with Gasteiger partial charge in [0.15, 0.2) is 0 Å². The molecule has 0 radical (unpaired) electrons. The van der Waals surface area contributed by atoms with Crippen LogP contribution in [0.5, 0.6) is 5.75 Å². The number of hydrogen-bond donors (Lipinski definition) is 6. The lowest BCUT2D eigenvalue weighted by atomic mass is 10.1. The molecule has 1 fully saturated rings. The number of amides is 1. The third kappa shape index (κ3) is 12.9. The van der Waals surface area contributed by atoms with Crippen molar-refractivity contribution in [1.29, 1.82) is 0 Å². The lowest BCUT2D eigenvalue weighted by Crippen LogP contribution is -2.47. The van der Waals surface area contributed by atoms with Gasteiger partial charge < -0.3 is 36.2 Å². The average molecular weight is 582 g/mol. The number of nitrogens with two attached hydrogens (primary N) is 1. The van der Waals surface area contributed by atoms with Crippen LogP contribution in [0.4, 0.5) is 0 Å². The van der Waals surface area contributed by atoms with E-state index in [4.69, 9.17) is 15.6 Å². The highest BCUT2D eigenvalue weighted by Crippen LogP contribution is 2.14. The van der Waals surface area contributed by atoms with Crippen molar-refractivity contribution in [2.45, 2.75) is 31.3 Å². The van der Waals surface area contributed by atoms with Crippen molar-refractivity contribution < 1.29 is 49.1 Å². The number of carboxylic acid groups (broad SMARTS) is 4. The van der Waals surface area contributed by atoms with E-state index < -0.39 is 36.0 Å². The van der Waals surface area contributed by atoms with Gasteiger partial charge in [0.1, 0.15) is 24.4 Å².